The molecule has 0 aromatic carbocycles. The molecule has 1 fully saturated rings. The number of hydrogen-bond acceptors (Lipinski definition) is 4. The van der Waals surface area contributed by atoms with E-state index in [1.165, 1.54) is 5.98 Å². The predicted octanol–water partition coefficient (Wildman–Crippen LogP) is 0.812. The quantitative estimate of drug-likeness (QED) is 0.702. The van der Waals surface area contributed by atoms with Gasteiger partial charge >= 0.3 is 13.2 Å². The summed E-state index contributed by atoms with van der Waals surface area (Å²) in [5.41, 5.74) is -0.480. The third-order valence-corrected chi connectivity index (χ3v) is 2.43. The first-order valence-corrected chi connectivity index (χ1v) is 5.80. The van der Waals surface area contributed by atoms with Crippen LogP contribution in [0.5, 0.6) is 0 Å². The van der Waals surface area contributed by atoms with Gasteiger partial charge in [-0.1, -0.05) is 12.1 Å². The molecular weight excluding hydrogens is 221 g/mol. The van der Waals surface area contributed by atoms with Crippen molar-refractivity contribution in [1.82, 2.24) is 4.90 Å². The Bertz CT molecular complexity index is 298. The molecule has 0 aliphatic carbocycles. The average molecular weight is 241 g/mol. The van der Waals surface area contributed by atoms with Crippen LogP contribution in [0.25, 0.3) is 0 Å². The van der Waals surface area contributed by atoms with Crippen LogP contribution in [0, 0.1) is 5.92 Å². The molecule has 1 atom stereocenters. The Labute approximate surface area is 102 Å². The maximum Gasteiger partial charge on any atom is 0.480 e. The van der Waals surface area contributed by atoms with E-state index in [0.717, 1.165) is 6.42 Å². The van der Waals surface area contributed by atoms with Crippen LogP contribution >= 0.6 is 0 Å². The molecule has 17 heavy (non-hydrogen) atoms. The van der Waals surface area contributed by atoms with Crippen LogP contribution in [0.3, 0.4) is 0 Å². The predicted molar refractivity (Wildman–Crippen MR) is 65.2 cm³/mol. The number of nitrogens with zero attached hydrogens (tertiary/aromatic N) is 1. The summed E-state index contributed by atoms with van der Waals surface area (Å²) in [6.45, 7) is 6.71. The summed E-state index contributed by atoms with van der Waals surface area (Å²) in [5, 5.41) is 17.4. The third-order valence-electron chi connectivity index (χ3n) is 2.43. The van der Waals surface area contributed by atoms with E-state index in [4.69, 9.17) is 14.8 Å². The van der Waals surface area contributed by atoms with E-state index in [1.54, 1.807) is 11.0 Å². The molecule has 2 N–H and O–H groups in total. The molecule has 1 unspecified atom stereocenters. The van der Waals surface area contributed by atoms with E-state index >= 15 is 0 Å². The van der Waals surface area contributed by atoms with Gasteiger partial charge in [-0.25, -0.2) is 4.79 Å². The van der Waals surface area contributed by atoms with Gasteiger partial charge in [-0.2, -0.15) is 0 Å². The number of hydrogen-bond donors (Lipinski definition) is 2. The highest BCUT2D eigenvalue weighted by Crippen LogP contribution is 2.20. The molecular formula is C11H20BNO4. The largest absolute Gasteiger partial charge is 0.480 e. The molecule has 0 aromatic rings. The molecule has 0 aromatic heterocycles. The van der Waals surface area contributed by atoms with Crippen molar-refractivity contribution in [3.63, 3.8) is 0 Å². The van der Waals surface area contributed by atoms with E-state index in [9.17, 15) is 4.79 Å². The maximum absolute atomic E-state index is 11.7. The van der Waals surface area contributed by atoms with Gasteiger partial charge in [-0.05, 0) is 33.1 Å². The van der Waals surface area contributed by atoms with Gasteiger partial charge in [0.25, 0.3) is 0 Å². The second kappa shape index (κ2) is 5.55. The molecule has 5 nitrogen and oxygen atoms in total. The van der Waals surface area contributed by atoms with Crippen molar-refractivity contribution in [3.8, 4) is 0 Å². The first-order valence-electron chi connectivity index (χ1n) is 5.80. The lowest BCUT2D eigenvalue weighted by atomic mass is 9.89. The smallest absolute Gasteiger partial charge is 0.444 e. The van der Waals surface area contributed by atoms with E-state index in [-0.39, 0.29) is 12.0 Å². The van der Waals surface area contributed by atoms with Crippen molar-refractivity contribution in [2.24, 2.45) is 5.92 Å². The average Bonchev–Trinajstić information content (AvgIpc) is 2.60. The van der Waals surface area contributed by atoms with E-state index < -0.39 is 12.7 Å². The SMILES string of the molecule is CC(C)(C)OC(=O)N1CCC(/C=C/B(O)O)C1. The fraction of sp³-hybridized carbons (Fsp3) is 0.727. The molecule has 96 valence electrons. The number of rotatable bonds is 2. The monoisotopic (exact) mass is 241 g/mol. The van der Waals surface area contributed by atoms with Crippen molar-refractivity contribution in [2.45, 2.75) is 32.8 Å². The zero-order chi connectivity index (χ0) is 13.1. The Hall–Kier alpha value is -1.01. The number of likely N-dealkylation sites (tertiary alicyclic amines) is 1. The standard InChI is InChI=1S/C11H20BNO4/c1-11(2,3)17-10(14)13-7-5-9(8-13)4-6-12(15)16/h4,6,9,15-16H,5,7-8H2,1-3H3/b6-4+. The van der Waals surface area contributed by atoms with Crippen LogP contribution in [0.15, 0.2) is 12.1 Å². The first kappa shape index (κ1) is 14.1. The normalized spacial score (nSPS) is 21.0. The Morgan fingerprint density at radius 2 is 2.12 bits per heavy atom. The molecule has 0 radical (unpaired) electrons. The summed E-state index contributed by atoms with van der Waals surface area (Å²) in [7, 11) is -1.43. The maximum atomic E-state index is 11.7. The topological polar surface area (TPSA) is 70.0 Å². The minimum atomic E-state index is -1.43. The molecule has 1 saturated heterocycles. The van der Waals surface area contributed by atoms with Crippen molar-refractivity contribution >= 4 is 13.2 Å². The summed E-state index contributed by atoms with van der Waals surface area (Å²) >= 11 is 0. The molecule has 6 heteroatoms. The van der Waals surface area contributed by atoms with Crippen LogP contribution in [0.1, 0.15) is 27.2 Å². The third kappa shape index (κ3) is 5.23. The minimum absolute atomic E-state index is 0.171. The molecule has 1 rings (SSSR count). The summed E-state index contributed by atoms with van der Waals surface area (Å²) in [6, 6.07) is 0. The van der Waals surface area contributed by atoms with Gasteiger partial charge in [-0.3, -0.25) is 0 Å². The number of carbonyl (C=O) groups excluding carboxylic acids is 1. The zero-order valence-electron chi connectivity index (χ0n) is 10.6. The lowest BCUT2D eigenvalue weighted by Crippen LogP contribution is -2.35. The number of amides is 1. The summed E-state index contributed by atoms with van der Waals surface area (Å²) < 4.78 is 5.26. The number of carbonyl (C=O) groups is 1. The van der Waals surface area contributed by atoms with Gasteiger partial charge in [0.05, 0.1) is 0 Å². The highest BCUT2D eigenvalue weighted by molar-refractivity contribution is 6.47. The van der Waals surface area contributed by atoms with Gasteiger partial charge in [0, 0.05) is 13.1 Å². The molecule has 0 saturated carbocycles. The molecule has 1 aliphatic rings. The Morgan fingerprint density at radius 3 is 2.65 bits per heavy atom. The zero-order valence-corrected chi connectivity index (χ0v) is 10.6. The van der Waals surface area contributed by atoms with E-state index in [1.807, 2.05) is 20.8 Å². The molecule has 1 heterocycles. The van der Waals surface area contributed by atoms with Crippen molar-refractivity contribution < 1.29 is 19.6 Å². The van der Waals surface area contributed by atoms with Crippen LogP contribution in [-0.4, -0.2) is 46.9 Å². The van der Waals surface area contributed by atoms with Gasteiger partial charge in [0.15, 0.2) is 0 Å². The fourth-order valence-electron chi connectivity index (χ4n) is 1.69. The first-order chi connectivity index (χ1) is 7.78. The van der Waals surface area contributed by atoms with Crippen LogP contribution in [0.4, 0.5) is 4.79 Å². The van der Waals surface area contributed by atoms with Crippen LogP contribution in [0.2, 0.25) is 0 Å². The van der Waals surface area contributed by atoms with Crippen molar-refractivity contribution in [3.05, 3.63) is 12.1 Å². The summed E-state index contributed by atoms with van der Waals surface area (Å²) in [6.07, 6.45) is 2.25. The molecule has 0 spiro atoms. The van der Waals surface area contributed by atoms with Crippen molar-refractivity contribution in [1.29, 1.82) is 0 Å². The second-order valence-corrected chi connectivity index (χ2v) is 5.27. The lowest BCUT2D eigenvalue weighted by Gasteiger charge is -2.24. The van der Waals surface area contributed by atoms with Gasteiger partial charge in [-0.15, -0.1) is 0 Å². The van der Waals surface area contributed by atoms with Crippen LogP contribution in [-0.2, 0) is 4.74 Å². The molecule has 1 aliphatic heterocycles. The van der Waals surface area contributed by atoms with Crippen LogP contribution < -0.4 is 0 Å². The van der Waals surface area contributed by atoms with Gasteiger partial charge in [0.2, 0.25) is 0 Å². The molecule has 1 amide bonds. The van der Waals surface area contributed by atoms with E-state index in [0.29, 0.717) is 13.1 Å². The fourth-order valence-corrected chi connectivity index (χ4v) is 1.69. The Kier molecular flexibility index (Phi) is 4.59. The second-order valence-electron chi connectivity index (χ2n) is 5.27. The highest BCUT2D eigenvalue weighted by Gasteiger charge is 2.28. The van der Waals surface area contributed by atoms with Gasteiger partial charge in [0.1, 0.15) is 5.60 Å². The summed E-state index contributed by atoms with van der Waals surface area (Å²) in [4.78, 5) is 13.4. The van der Waals surface area contributed by atoms with Gasteiger partial charge < -0.3 is 19.7 Å². The molecule has 0 bridgehead atoms. The lowest BCUT2D eigenvalue weighted by molar-refractivity contribution is 0.0291. The minimum Gasteiger partial charge on any atom is -0.444 e. The number of ether oxygens (including phenoxy) is 1. The highest BCUT2D eigenvalue weighted by atomic mass is 16.6. The van der Waals surface area contributed by atoms with Crippen molar-refractivity contribution in [2.75, 3.05) is 13.1 Å². The Balaban J connectivity index is 2.42. The summed E-state index contributed by atoms with van der Waals surface area (Å²) in [5.74, 6) is 1.49. The Morgan fingerprint density at radius 1 is 1.47 bits per heavy atom. The van der Waals surface area contributed by atoms with E-state index in [2.05, 4.69) is 0 Å².